The maximum absolute atomic E-state index is 11.8. The van der Waals surface area contributed by atoms with E-state index in [-0.39, 0.29) is 16.3 Å². The molecular weight excluding hydrogens is 292 g/mol. The van der Waals surface area contributed by atoms with E-state index in [0.29, 0.717) is 5.46 Å². The van der Waals surface area contributed by atoms with E-state index in [1.165, 1.54) is 13.1 Å². The molecule has 0 atom stereocenters. The second-order valence-corrected chi connectivity index (χ2v) is 6.47. The van der Waals surface area contributed by atoms with Crippen LogP contribution in [0.25, 0.3) is 0 Å². The van der Waals surface area contributed by atoms with Gasteiger partial charge in [-0.25, -0.2) is 0 Å². The van der Waals surface area contributed by atoms with E-state index < -0.39 is 24.2 Å². The maximum atomic E-state index is 11.8. The molecule has 1 saturated heterocycles. The number of rotatable bonds is 2. The van der Waals surface area contributed by atoms with Crippen LogP contribution in [0.5, 0.6) is 5.75 Å². The summed E-state index contributed by atoms with van der Waals surface area (Å²) in [4.78, 5) is 11.8. The lowest BCUT2D eigenvalue weighted by molar-refractivity contribution is 0.00578. The van der Waals surface area contributed by atoms with Crippen molar-refractivity contribution in [2.45, 2.75) is 38.9 Å². The molecule has 1 fully saturated rings. The normalized spacial score (nSPS) is 19.6. The summed E-state index contributed by atoms with van der Waals surface area (Å²) in [5, 5.41) is 12.4. The number of hydrogen-bond donors (Lipinski definition) is 2. The monoisotopic (exact) mass is 311 g/mol. The molecule has 1 amide bonds. The molecule has 0 aromatic heterocycles. The van der Waals surface area contributed by atoms with Gasteiger partial charge in [-0.2, -0.15) is 0 Å². The Balaban J connectivity index is 2.43. The highest BCUT2D eigenvalue weighted by Crippen LogP contribution is 2.37. The summed E-state index contributed by atoms with van der Waals surface area (Å²) in [5.74, 6) is -0.677. The molecule has 1 aromatic carbocycles. The highest BCUT2D eigenvalue weighted by Gasteiger charge is 2.51. The Bertz CT molecular complexity index is 573. The van der Waals surface area contributed by atoms with Crippen LogP contribution >= 0.6 is 11.6 Å². The topological polar surface area (TPSA) is 67.8 Å². The second kappa shape index (κ2) is 5.19. The molecule has 0 radical (unpaired) electrons. The molecular formula is C14H19BClNO4. The van der Waals surface area contributed by atoms with Gasteiger partial charge in [-0.15, -0.1) is 0 Å². The maximum Gasteiger partial charge on any atom is 0.494 e. The zero-order valence-corrected chi connectivity index (χ0v) is 13.5. The fraction of sp³-hybridized carbons (Fsp3) is 0.500. The Hall–Kier alpha value is -1.24. The predicted octanol–water partition coefficient (Wildman–Crippen LogP) is 1.70. The molecule has 114 valence electrons. The van der Waals surface area contributed by atoms with Crippen molar-refractivity contribution in [3.05, 3.63) is 22.7 Å². The number of carbonyl (C=O) groups excluding carboxylic acids is 1. The third-order valence-corrected chi connectivity index (χ3v) is 4.37. The van der Waals surface area contributed by atoms with Gasteiger partial charge in [0.15, 0.2) is 0 Å². The number of phenols is 1. The van der Waals surface area contributed by atoms with Gasteiger partial charge in [0.2, 0.25) is 0 Å². The Morgan fingerprint density at radius 3 is 2.24 bits per heavy atom. The van der Waals surface area contributed by atoms with Crippen molar-refractivity contribution in [1.82, 2.24) is 5.32 Å². The van der Waals surface area contributed by atoms with E-state index in [9.17, 15) is 9.90 Å². The summed E-state index contributed by atoms with van der Waals surface area (Å²) in [6, 6.07) is 3.08. The van der Waals surface area contributed by atoms with Gasteiger partial charge in [0.1, 0.15) is 5.75 Å². The Morgan fingerprint density at radius 2 is 1.76 bits per heavy atom. The average Bonchev–Trinajstić information content (AvgIpc) is 2.60. The Labute approximate surface area is 129 Å². The first-order chi connectivity index (χ1) is 9.59. The predicted molar refractivity (Wildman–Crippen MR) is 82.2 cm³/mol. The van der Waals surface area contributed by atoms with Gasteiger partial charge < -0.3 is 19.7 Å². The van der Waals surface area contributed by atoms with Crippen molar-refractivity contribution >= 4 is 30.1 Å². The minimum atomic E-state index is -0.642. The lowest BCUT2D eigenvalue weighted by atomic mass is 9.78. The summed E-state index contributed by atoms with van der Waals surface area (Å²) in [5.41, 5.74) is -0.297. The summed E-state index contributed by atoms with van der Waals surface area (Å²) < 4.78 is 11.8. The quantitative estimate of drug-likeness (QED) is 0.816. The summed E-state index contributed by atoms with van der Waals surface area (Å²) in [7, 11) is 0.841. The first-order valence-electron chi connectivity index (χ1n) is 6.69. The van der Waals surface area contributed by atoms with Crippen molar-refractivity contribution < 1.29 is 19.2 Å². The molecule has 1 aliphatic rings. The first-order valence-corrected chi connectivity index (χ1v) is 7.07. The van der Waals surface area contributed by atoms with E-state index >= 15 is 0 Å². The van der Waals surface area contributed by atoms with Gasteiger partial charge in [0, 0.05) is 7.05 Å². The summed E-state index contributed by atoms with van der Waals surface area (Å²) >= 11 is 6.00. The average molecular weight is 312 g/mol. The summed E-state index contributed by atoms with van der Waals surface area (Å²) in [6.45, 7) is 7.76. The number of aromatic hydroxyl groups is 1. The lowest BCUT2D eigenvalue weighted by Gasteiger charge is -2.32. The fourth-order valence-corrected chi connectivity index (χ4v) is 2.27. The number of hydrogen-bond acceptors (Lipinski definition) is 4. The molecule has 0 saturated carbocycles. The molecule has 0 spiro atoms. The highest BCUT2D eigenvalue weighted by atomic mass is 35.5. The molecule has 5 nitrogen and oxygen atoms in total. The van der Waals surface area contributed by atoms with Crippen LogP contribution in [0, 0.1) is 0 Å². The van der Waals surface area contributed by atoms with Crippen LogP contribution in [0.3, 0.4) is 0 Å². The molecule has 2 rings (SSSR count). The minimum Gasteiger partial charge on any atom is -0.506 e. The van der Waals surface area contributed by atoms with Gasteiger partial charge in [-0.05, 0) is 45.3 Å². The van der Waals surface area contributed by atoms with E-state index in [2.05, 4.69) is 5.32 Å². The molecule has 0 unspecified atom stereocenters. The van der Waals surface area contributed by atoms with E-state index in [1.807, 2.05) is 27.7 Å². The number of benzene rings is 1. The molecule has 1 heterocycles. The second-order valence-electron chi connectivity index (χ2n) is 6.07. The minimum absolute atomic E-state index is 0.0841. The molecule has 7 heteroatoms. The first kappa shape index (κ1) is 16.1. The molecule has 2 N–H and O–H groups in total. The highest BCUT2D eigenvalue weighted by molar-refractivity contribution is 6.62. The largest absolute Gasteiger partial charge is 0.506 e. The third-order valence-electron chi connectivity index (χ3n) is 4.08. The van der Waals surface area contributed by atoms with Crippen molar-refractivity contribution in [2.75, 3.05) is 7.05 Å². The number of nitrogens with one attached hydrogen (secondary N) is 1. The zero-order chi connectivity index (χ0) is 16.0. The standard InChI is InChI=1S/C14H19BClNO4/c1-13(2)14(3,4)21-15(20-13)8-6-9(12(19)17-5)11(18)10(16)7-8/h6-7,18H,1-5H3,(H,17,19). The van der Waals surface area contributed by atoms with Gasteiger partial charge in [0.05, 0.1) is 21.8 Å². The number of halogens is 1. The van der Waals surface area contributed by atoms with Crippen LogP contribution < -0.4 is 10.8 Å². The van der Waals surface area contributed by atoms with Gasteiger partial charge >= 0.3 is 7.12 Å². The summed E-state index contributed by atoms with van der Waals surface area (Å²) in [6.07, 6.45) is 0. The van der Waals surface area contributed by atoms with Crippen LogP contribution in [-0.4, -0.2) is 36.4 Å². The van der Waals surface area contributed by atoms with E-state index in [0.717, 1.165) is 0 Å². The van der Waals surface area contributed by atoms with Crippen molar-refractivity contribution in [1.29, 1.82) is 0 Å². The molecule has 21 heavy (non-hydrogen) atoms. The van der Waals surface area contributed by atoms with Gasteiger partial charge in [0.25, 0.3) is 5.91 Å². The van der Waals surface area contributed by atoms with Crippen LogP contribution in [-0.2, 0) is 9.31 Å². The fourth-order valence-electron chi connectivity index (χ4n) is 2.04. The lowest BCUT2D eigenvalue weighted by Crippen LogP contribution is -2.41. The van der Waals surface area contributed by atoms with E-state index in [4.69, 9.17) is 20.9 Å². The molecule has 1 aromatic rings. The van der Waals surface area contributed by atoms with Crippen LogP contribution in [0.1, 0.15) is 38.1 Å². The number of phenolic OH excluding ortho intramolecular Hbond substituents is 1. The molecule has 0 aliphatic carbocycles. The third kappa shape index (κ3) is 2.75. The molecule has 1 aliphatic heterocycles. The number of carbonyl (C=O) groups is 1. The number of amides is 1. The SMILES string of the molecule is CNC(=O)c1cc(B2OC(C)(C)C(C)(C)O2)cc(Cl)c1O. The van der Waals surface area contributed by atoms with Crippen LogP contribution in [0.4, 0.5) is 0 Å². The van der Waals surface area contributed by atoms with E-state index in [1.54, 1.807) is 6.07 Å². The van der Waals surface area contributed by atoms with Crippen molar-refractivity contribution in [3.63, 3.8) is 0 Å². The Kier molecular flexibility index (Phi) is 3.99. The van der Waals surface area contributed by atoms with Crippen LogP contribution in [0.15, 0.2) is 12.1 Å². The van der Waals surface area contributed by atoms with Crippen molar-refractivity contribution in [2.24, 2.45) is 0 Å². The Morgan fingerprint density at radius 1 is 1.24 bits per heavy atom. The molecule has 0 bridgehead atoms. The zero-order valence-electron chi connectivity index (χ0n) is 12.8. The van der Waals surface area contributed by atoms with Gasteiger partial charge in [-0.1, -0.05) is 11.6 Å². The smallest absolute Gasteiger partial charge is 0.494 e. The van der Waals surface area contributed by atoms with Crippen LogP contribution in [0.2, 0.25) is 5.02 Å². The van der Waals surface area contributed by atoms with Crippen molar-refractivity contribution in [3.8, 4) is 5.75 Å². The van der Waals surface area contributed by atoms with Gasteiger partial charge in [-0.3, -0.25) is 4.79 Å².